The van der Waals surface area contributed by atoms with Gasteiger partial charge in [0.2, 0.25) is 5.88 Å². The lowest BCUT2D eigenvalue weighted by Gasteiger charge is -2.22. The third-order valence-electron chi connectivity index (χ3n) is 6.46. The molecule has 0 radical (unpaired) electrons. The van der Waals surface area contributed by atoms with Gasteiger partial charge in [-0.05, 0) is 44.0 Å². The number of nitrogen functional groups attached to an aromatic ring is 1. The Morgan fingerprint density at radius 3 is 2.66 bits per heavy atom. The molecule has 0 fully saturated rings. The van der Waals surface area contributed by atoms with Crippen LogP contribution in [0, 0.1) is 18.6 Å². The summed E-state index contributed by atoms with van der Waals surface area (Å²) in [7, 11) is 0. The van der Waals surface area contributed by atoms with Crippen molar-refractivity contribution in [3.63, 3.8) is 0 Å². The van der Waals surface area contributed by atoms with E-state index in [1.165, 1.54) is 0 Å². The number of amides is 1. The number of nitrogens with two attached hydrogens (primary N) is 1. The van der Waals surface area contributed by atoms with E-state index in [1.54, 1.807) is 44.4 Å². The van der Waals surface area contributed by atoms with Crippen molar-refractivity contribution in [3.05, 3.63) is 76.3 Å². The summed E-state index contributed by atoms with van der Waals surface area (Å²) in [6.07, 6.45) is -0.305. The van der Waals surface area contributed by atoms with Gasteiger partial charge < -0.3 is 21.1 Å². The van der Waals surface area contributed by atoms with E-state index >= 15 is 4.39 Å². The number of alkyl halides is 3. The molecule has 1 atom stereocenters. The first-order chi connectivity index (χ1) is 19.4. The molecule has 41 heavy (non-hydrogen) atoms. The Kier molecular flexibility index (Phi) is 9.05. The van der Waals surface area contributed by atoms with Gasteiger partial charge in [-0.2, -0.15) is 13.2 Å². The van der Waals surface area contributed by atoms with Gasteiger partial charge in [0.1, 0.15) is 17.1 Å². The fourth-order valence-corrected chi connectivity index (χ4v) is 5.38. The molecule has 0 unspecified atom stereocenters. The maximum Gasteiger partial charge on any atom is 0.417 e. The zero-order valence-corrected chi connectivity index (χ0v) is 23.3. The Morgan fingerprint density at radius 2 is 2.00 bits per heavy atom. The van der Waals surface area contributed by atoms with Crippen LogP contribution in [0.2, 0.25) is 0 Å². The topological polar surface area (TPSA) is 102 Å². The van der Waals surface area contributed by atoms with E-state index in [0.29, 0.717) is 24.6 Å². The summed E-state index contributed by atoms with van der Waals surface area (Å²) < 4.78 is 79.6. The van der Waals surface area contributed by atoms with E-state index in [0.717, 1.165) is 24.4 Å². The number of carbonyl (C=O) groups is 1. The number of hydrogen-bond donors (Lipinski definition) is 3. The zero-order chi connectivity index (χ0) is 29.9. The van der Waals surface area contributed by atoms with Crippen LogP contribution in [0.1, 0.15) is 47.3 Å². The summed E-state index contributed by atoms with van der Waals surface area (Å²) in [4.78, 5) is 21.4. The number of nitrogens with zero attached hydrogens (tertiary/aromatic N) is 2. The largest absolute Gasteiger partial charge is 0.474 e. The number of allylic oxidation sites excluding steroid dienone is 1. The Morgan fingerprint density at radius 1 is 1.24 bits per heavy atom. The summed E-state index contributed by atoms with van der Waals surface area (Å²) in [5.41, 5.74) is 2.47. The van der Waals surface area contributed by atoms with E-state index in [4.69, 9.17) is 10.5 Å². The van der Waals surface area contributed by atoms with Crippen molar-refractivity contribution >= 4 is 23.4 Å². The average Bonchev–Trinajstić information content (AvgIpc) is 2.94. The van der Waals surface area contributed by atoms with Crippen molar-refractivity contribution in [2.24, 2.45) is 0 Å². The lowest BCUT2D eigenvalue weighted by molar-refractivity contribution is -0.137. The van der Waals surface area contributed by atoms with Crippen molar-refractivity contribution < 1.29 is 31.5 Å². The molecule has 1 aliphatic rings. The highest BCUT2D eigenvalue weighted by atomic mass is 32.2. The van der Waals surface area contributed by atoms with Crippen LogP contribution in [0.3, 0.4) is 0 Å². The van der Waals surface area contributed by atoms with Gasteiger partial charge in [0.05, 0.1) is 28.8 Å². The highest BCUT2D eigenvalue weighted by Gasteiger charge is 2.39. The first-order valence-corrected chi connectivity index (χ1v) is 13.7. The van der Waals surface area contributed by atoms with E-state index in [1.807, 2.05) is 0 Å². The fraction of sp³-hybridized carbons (Fsp3) is 0.321. The molecule has 0 bridgehead atoms. The van der Waals surface area contributed by atoms with Crippen LogP contribution in [-0.2, 0) is 11.9 Å². The normalized spacial score (nSPS) is 17.2. The van der Waals surface area contributed by atoms with Crippen LogP contribution in [-0.4, -0.2) is 35.1 Å². The minimum absolute atomic E-state index is 0.0884. The minimum Gasteiger partial charge on any atom is -0.474 e. The van der Waals surface area contributed by atoms with E-state index in [2.05, 4.69) is 20.6 Å². The summed E-state index contributed by atoms with van der Waals surface area (Å²) in [5, 5.41) is 5.89. The Bertz CT molecular complexity index is 1480. The van der Waals surface area contributed by atoms with E-state index < -0.39 is 57.9 Å². The van der Waals surface area contributed by atoms with Crippen LogP contribution >= 0.6 is 11.8 Å². The summed E-state index contributed by atoms with van der Waals surface area (Å²) in [5.74, 6) is -3.41. The van der Waals surface area contributed by atoms with Gasteiger partial charge in [0.25, 0.3) is 5.91 Å². The second kappa shape index (κ2) is 12.3. The third kappa shape index (κ3) is 6.55. The van der Waals surface area contributed by atoms with Gasteiger partial charge in [0, 0.05) is 42.4 Å². The van der Waals surface area contributed by atoms with E-state index in [9.17, 15) is 22.4 Å². The number of ether oxygens (including phenoxy) is 1. The highest BCUT2D eigenvalue weighted by Crippen LogP contribution is 2.45. The lowest BCUT2D eigenvalue weighted by Crippen LogP contribution is -2.31. The second-order valence-electron chi connectivity index (χ2n) is 9.40. The van der Waals surface area contributed by atoms with Gasteiger partial charge >= 0.3 is 6.18 Å². The number of benzene rings is 1. The molecule has 0 spiro atoms. The molecule has 1 amide bonds. The SMILES string of the molecule is C/C=C1/CNC(=O)c2c(nc(-c3cc(N)c(F)c(C)c3C(F)(F)F)c(F)c2SCc2cccnc2)O[C@@H](C)CCN1. The van der Waals surface area contributed by atoms with Crippen molar-refractivity contribution in [1.82, 2.24) is 20.6 Å². The number of halogens is 5. The van der Waals surface area contributed by atoms with Crippen molar-refractivity contribution in [2.45, 2.75) is 50.1 Å². The molecule has 0 saturated carbocycles. The Hall–Kier alpha value is -3.87. The van der Waals surface area contributed by atoms with Crippen LogP contribution < -0.4 is 21.1 Å². The molecule has 0 aliphatic carbocycles. The number of thioether (sulfide) groups is 1. The summed E-state index contributed by atoms with van der Waals surface area (Å²) in [6.45, 7) is 4.96. The molecule has 13 heteroatoms. The van der Waals surface area contributed by atoms with Crippen LogP contribution in [0.5, 0.6) is 5.88 Å². The maximum absolute atomic E-state index is 16.4. The maximum atomic E-state index is 16.4. The first-order valence-electron chi connectivity index (χ1n) is 12.7. The van der Waals surface area contributed by atoms with Gasteiger partial charge in [-0.3, -0.25) is 9.78 Å². The fourth-order valence-electron chi connectivity index (χ4n) is 4.35. The summed E-state index contributed by atoms with van der Waals surface area (Å²) in [6, 6.07) is 4.11. The molecule has 218 valence electrons. The molecule has 0 saturated heterocycles. The smallest absolute Gasteiger partial charge is 0.417 e. The average molecular weight is 594 g/mol. The van der Waals surface area contributed by atoms with Gasteiger partial charge in [-0.15, -0.1) is 11.8 Å². The lowest BCUT2D eigenvalue weighted by atomic mass is 9.96. The predicted molar refractivity (Wildman–Crippen MR) is 146 cm³/mol. The molecule has 1 aliphatic heterocycles. The highest BCUT2D eigenvalue weighted by molar-refractivity contribution is 7.98. The molecule has 7 nitrogen and oxygen atoms in total. The van der Waals surface area contributed by atoms with Crippen molar-refractivity contribution in [3.8, 4) is 17.1 Å². The second-order valence-corrected chi connectivity index (χ2v) is 10.4. The molecule has 4 rings (SSSR count). The molecular formula is C28H28F5N5O2S. The third-order valence-corrected chi connectivity index (χ3v) is 7.61. The zero-order valence-electron chi connectivity index (χ0n) is 22.5. The molecule has 3 aromatic rings. The number of carbonyl (C=O) groups excluding carboxylic acids is 1. The molecule has 4 N–H and O–H groups in total. The molecule has 2 aromatic heterocycles. The van der Waals surface area contributed by atoms with Gasteiger partial charge in [0.15, 0.2) is 5.82 Å². The van der Waals surface area contributed by atoms with Gasteiger partial charge in [-0.1, -0.05) is 12.1 Å². The van der Waals surface area contributed by atoms with Crippen LogP contribution in [0.15, 0.2) is 47.3 Å². The number of pyridine rings is 2. The Labute approximate surface area is 237 Å². The number of aromatic nitrogens is 2. The van der Waals surface area contributed by atoms with E-state index in [-0.39, 0.29) is 28.6 Å². The summed E-state index contributed by atoms with van der Waals surface area (Å²) >= 11 is 0.881. The predicted octanol–water partition coefficient (Wildman–Crippen LogP) is 6.02. The van der Waals surface area contributed by atoms with Crippen LogP contribution in [0.4, 0.5) is 27.6 Å². The molecule has 3 heterocycles. The minimum atomic E-state index is -5.07. The number of anilines is 1. The number of nitrogens with one attached hydrogen (secondary N) is 2. The van der Waals surface area contributed by atoms with Crippen LogP contribution in [0.25, 0.3) is 11.3 Å². The Balaban J connectivity index is 2.00. The van der Waals surface area contributed by atoms with Crippen molar-refractivity contribution in [2.75, 3.05) is 18.8 Å². The molecular weight excluding hydrogens is 565 g/mol. The number of rotatable bonds is 4. The standard InChI is InChI=1S/C28H28F5N5O2S/c1-4-17-12-37-26(39)20-25(41-13-16-6-5-8-35-11-16)23(30)24(38-27(20)40-14(2)7-9-36-17)18-10-19(34)22(29)15(3)21(18)28(31,32)33/h4-6,8,10-11,14,36H,7,9,12-13,34H2,1-3H3,(H,37,39)/b17-4-/t14-/m0/s1. The monoisotopic (exact) mass is 593 g/mol. The van der Waals surface area contributed by atoms with Crippen molar-refractivity contribution in [1.29, 1.82) is 0 Å². The molecule has 1 aromatic carbocycles. The van der Waals surface area contributed by atoms with Gasteiger partial charge in [-0.25, -0.2) is 13.8 Å². The number of fused-ring (bicyclic) bond motifs is 1. The quantitative estimate of drug-likeness (QED) is 0.193. The number of hydrogen-bond acceptors (Lipinski definition) is 7. The first kappa shape index (κ1) is 30.1.